The van der Waals surface area contributed by atoms with Crippen LogP contribution in [0.5, 0.6) is 11.5 Å². The molecule has 2 heterocycles. The van der Waals surface area contributed by atoms with Crippen LogP contribution in [0, 0.1) is 23.5 Å². The van der Waals surface area contributed by atoms with E-state index in [9.17, 15) is 8.78 Å². The van der Waals surface area contributed by atoms with Gasteiger partial charge in [0.2, 0.25) is 0 Å². The van der Waals surface area contributed by atoms with Gasteiger partial charge in [-0.25, -0.2) is 13.8 Å². The third-order valence-corrected chi connectivity index (χ3v) is 7.21. The Bertz CT molecular complexity index is 1140. The van der Waals surface area contributed by atoms with E-state index in [1.165, 1.54) is 52.8 Å². The fraction of sp³-hybridized carbons (Fsp3) is 0.517. The number of hydrogen-bond acceptors (Lipinski definition) is 7. The quantitative estimate of drug-likeness (QED) is 0.246. The second-order valence-electron chi connectivity index (χ2n) is 9.95. The van der Waals surface area contributed by atoms with Crippen molar-refractivity contribution < 1.29 is 23.0 Å². The first-order valence-electron chi connectivity index (χ1n) is 13.3. The molecule has 0 radical (unpaired) electrons. The molecule has 214 valence electrons. The van der Waals surface area contributed by atoms with E-state index in [2.05, 4.69) is 40.9 Å². The Kier molecular flexibility index (Phi) is 11.3. The Morgan fingerprint density at radius 2 is 1.95 bits per heavy atom. The molecule has 39 heavy (non-hydrogen) atoms. The summed E-state index contributed by atoms with van der Waals surface area (Å²) >= 11 is 0. The van der Waals surface area contributed by atoms with Crippen LogP contribution in [0.3, 0.4) is 0 Å². The third kappa shape index (κ3) is 8.54. The largest absolute Gasteiger partial charge is 0.494 e. The number of aliphatic imine (C=N–C) groups is 1. The van der Waals surface area contributed by atoms with Crippen molar-refractivity contribution in [3.8, 4) is 11.5 Å². The maximum Gasteiger partial charge on any atom is 0.174 e. The van der Waals surface area contributed by atoms with Gasteiger partial charge in [0.25, 0.3) is 0 Å². The molecule has 8 nitrogen and oxygen atoms in total. The first-order chi connectivity index (χ1) is 18.7. The van der Waals surface area contributed by atoms with E-state index in [0.717, 1.165) is 30.6 Å². The summed E-state index contributed by atoms with van der Waals surface area (Å²) in [6.07, 6.45) is 11.8. The Labute approximate surface area is 230 Å². The Balaban J connectivity index is 1.50. The molecule has 1 aromatic carbocycles. The van der Waals surface area contributed by atoms with Gasteiger partial charge < -0.3 is 24.4 Å². The lowest BCUT2D eigenvalue weighted by Crippen LogP contribution is -2.20. The number of halogens is 2. The molecule has 2 atom stereocenters. The van der Waals surface area contributed by atoms with Gasteiger partial charge >= 0.3 is 0 Å². The zero-order valence-electron chi connectivity index (χ0n) is 23.7. The summed E-state index contributed by atoms with van der Waals surface area (Å²) in [7, 11) is 4.79. The van der Waals surface area contributed by atoms with Gasteiger partial charge in [-0.1, -0.05) is 13.5 Å². The molecule has 2 aromatic rings. The van der Waals surface area contributed by atoms with Gasteiger partial charge in [-0.15, -0.1) is 0 Å². The van der Waals surface area contributed by atoms with Crippen molar-refractivity contribution >= 4 is 11.9 Å². The number of likely N-dealkylation sites (tertiary alicyclic amines) is 1. The zero-order chi connectivity index (χ0) is 28.4. The van der Waals surface area contributed by atoms with E-state index >= 15 is 0 Å². The molecular weight excluding hydrogens is 504 g/mol. The van der Waals surface area contributed by atoms with Crippen LogP contribution in [0.25, 0.3) is 0 Å². The number of benzene rings is 1. The number of hydrogen-bond donors (Lipinski definition) is 1. The number of rotatable bonds is 13. The number of nitrogens with one attached hydrogen (secondary N) is 1. The molecule has 1 aliphatic rings. The molecule has 1 aliphatic heterocycles. The highest BCUT2D eigenvalue weighted by Crippen LogP contribution is 2.32. The van der Waals surface area contributed by atoms with Crippen molar-refractivity contribution in [3.63, 3.8) is 0 Å². The molecule has 10 heteroatoms. The summed E-state index contributed by atoms with van der Waals surface area (Å²) in [5, 5.41) is 7.70. The monoisotopic (exact) mass is 545 g/mol. The fourth-order valence-electron chi connectivity index (χ4n) is 4.69. The molecule has 3 rings (SSSR count). The van der Waals surface area contributed by atoms with Crippen LogP contribution in [-0.4, -0.2) is 55.3 Å². The smallest absolute Gasteiger partial charge is 0.174 e. The van der Waals surface area contributed by atoms with E-state index in [0.29, 0.717) is 11.7 Å². The van der Waals surface area contributed by atoms with E-state index in [-0.39, 0.29) is 22.8 Å². The summed E-state index contributed by atoms with van der Waals surface area (Å²) in [5.74, 6) is 0.105. The molecule has 0 amide bonds. The van der Waals surface area contributed by atoms with E-state index in [4.69, 9.17) is 14.2 Å². The van der Waals surface area contributed by atoms with Crippen LogP contribution in [0.4, 0.5) is 14.5 Å². The average molecular weight is 546 g/mol. The second kappa shape index (κ2) is 14.7. The van der Waals surface area contributed by atoms with E-state index < -0.39 is 18.2 Å². The Hall–Kier alpha value is -3.40. The van der Waals surface area contributed by atoms with Crippen molar-refractivity contribution in [1.29, 1.82) is 0 Å². The normalized spacial score (nSPS) is 17.6. The fourth-order valence-corrected chi connectivity index (χ4v) is 4.69. The van der Waals surface area contributed by atoms with Crippen LogP contribution < -0.4 is 14.8 Å². The highest BCUT2D eigenvalue weighted by Gasteiger charge is 2.21. The maximum atomic E-state index is 14.5. The van der Waals surface area contributed by atoms with Crippen LogP contribution >= 0.6 is 0 Å². The van der Waals surface area contributed by atoms with Gasteiger partial charge in [-0.2, -0.15) is 5.10 Å². The number of methoxy groups -OCH3 is 2. The van der Waals surface area contributed by atoms with Gasteiger partial charge in [0, 0.05) is 18.8 Å². The topological polar surface area (TPSA) is 73.1 Å². The number of ether oxygens (including phenoxy) is 3. The number of aromatic nitrogens is 2. The third-order valence-electron chi connectivity index (χ3n) is 7.21. The summed E-state index contributed by atoms with van der Waals surface area (Å²) in [4.78, 5) is 6.77. The van der Waals surface area contributed by atoms with Crippen LogP contribution in [0.15, 0.2) is 47.7 Å². The van der Waals surface area contributed by atoms with Gasteiger partial charge in [0.15, 0.2) is 23.1 Å². The number of anilines is 1. The van der Waals surface area contributed by atoms with Gasteiger partial charge in [-0.05, 0) is 70.7 Å². The molecule has 1 saturated heterocycles. The number of aryl methyl sites for hydroxylation is 1. The van der Waals surface area contributed by atoms with Crippen molar-refractivity contribution in [1.82, 2.24) is 14.7 Å². The van der Waals surface area contributed by atoms with Gasteiger partial charge in [0.05, 0.1) is 37.9 Å². The number of allylic oxidation sites excluding steroid dienone is 2. The Morgan fingerprint density at radius 3 is 2.62 bits per heavy atom. The lowest BCUT2D eigenvalue weighted by Gasteiger charge is -2.22. The minimum Gasteiger partial charge on any atom is -0.494 e. The lowest BCUT2D eigenvalue weighted by atomic mass is 9.85. The molecule has 0 saturated carbocycles. The zero-order valence-corrected chi connectivity index (χ0v) is 23.7. The highest BCUT2D eigenvalue weighted by atomic mass is 19.1. The summed E-state index contributed by atoms with van der Waals surface area (Å²) in [6.45, 7) is 10.8. The first kappa shape index (κ1) is 30.1. The standard InChI is InChI=1S/C29H41F2N5O3/c1-7-27(32-16-21(3)39-19-24-28(30)25(37-5)15-26(38-6)29(24)31)34-23-17-33-36(18-23)14-10-20(2)22-9-8-12-35(4)13-11-22/h7,15-18,20,22,34H,3,8-14,19H2,1-2,4-6H3/b27-7+,32-16?/t20?,22-/m0/s1. The Morgan fingerprint density at radius 1 is 1.23 bits per heavy atom. The summed E-state index contributed by atoms with van der Waals surface area (Å²) < 4.78 is 46.4. The lowest BCUT2D eigenvalue weighted by molar-refractivity contribution is 0.208. The number of nitrogens with zero attached hydrogens (tertiary/aromatic N) is 4. The van der Waals surface area contributed by atoms with E-state index in [1.807, 2.05) is 17.8 Å². The first-order valence-corrected chi connectivity index (χ1v) is 13.3. The molecule has 0 bridgehead atoms. The predicted octanol–water partition coefficient (Wildman–Crippen LogP) is 6.01. The maximum absolute atomic E-state index is 14.5. The molecule has 0 aliphatic carbocycles. The molecule has 0 spiro atoms. The molecule has 1 N–H and O–H groups in total. The summed E-state index contributed by atoms with van der Waals surface area (Å²) in [6, 6.07) is 1.15. The molecule has 1 aromatic heterocycles. The summed E-state index contributed by atoms with van der Waals surface area (Å²) in [5.41, 5.74) is 0.487. The molecular formula is C29H41F2N5O3. The highest BCUT2D eigenvalue weighted by molar-refractivity contribution is 5.76. The van der Waals surface area contributed by atoms with E-state index in [1.54, 1.807) is 12.3 Å². The van der Waals surface area contributed by atoms with Crippen LogP contribution in [0.1, 0.15) is 45.1 Å². The van der Waals surface area contributed by atoms with Crippen LogP contribution in [-0.2, 0) is 17.9 Å². The van der Waals surface area contributed by atoms with Gasteiger partial charge in [0.1, 0.15) is 18.2 Å². The SMILES string of the molecule is C=C(C=N/C(=C\C)Nc1cnn(CCC(C)[C@H]2CCCN(C)CC2)c1)OCc1c(F)c(OC)cc(OC)c1F. The molecule has 1 unspecified atom stereocenters. The van der Waals surface area contributed by atoms with Crippen molar-refractivity contribution in [2.75, 3.05) is 39.7 Å². The minimum absolute atomic E-state index is 0.131. The average Bonchev–Trinajstić information content (AvgIpc) is 3.27. The molecule has 1 fully saturated rings. The van der Waals surface area contributed by atoms with Crippen LogP contribution in [0.2, 0.25) is 0 Å². The van der Waals surface area contributed by atoms with Crippen molar-refractivity contribution in [2.45, 2.75) is 52.7 Å². The van der Waals surface area contributed by atoms with Gasteiger partial charge in [-0.3, -0.25) is 4.68 Å². The second-order valence-corrected chi connectivity index (χ2v) is 9.95. The van der Waals surface area contributed by atoms with Crippen molar-refractivity contribution in [3.05, 3.63) is 59.9 Å². The minimum atomic E-state index is -0.857. The van der Waals surface area contributed by atoms with Crippen molar-refractivity contribution in [2.24, 2.45) is 16.8 Å². The predicted molar refractivity (Wildman–Crippen MR) is 150 cm³/mol.